The number of nitrogens with zero attached hydrogens (tertiary/aromatic N) is 1. The van der Waals surface area contributed by atoms with Crippen molar-refractivity contribution in [3.05, 3.63) is 93.5 Å². The molecule has 0 aliphatic carbocycles. The zero-order valence-electron chi connectivity index (χ0n) is 17.3. The molecule has 0 saturated heterocycles. The van der Waals surface area contributed by atoms with Gasteiger partial charge in [-0.2, -0.15) is 5.26 Å². The molecule has 3 aromatic carbocycles. The predicted molar refractivity (Wildman–Crippen MR) is 127 cm³/mol. The number of carbonyl (C=O) groups is 1. The van der Waals surface area contributed by atoms with E-state index in [1.807, 2.05) is 31.2 Å². The normalized spacial score (nSPS) is 10.9. The van der Waals surface area contributed by atoms with E-state index in [0.717, 1.165) is 5.56 Å². The van der Waals surface area contributed by atoms with Gasteiger partial charge < -0.3 is 14.8 Å². The number of rotatable bonds is 8. The van der Waals surface area contributed by atoms with Crippen LogP contribution >= 0.6 is 23.2 Å². The summed E-state index contributed by atoms with van der Waals surface area (Å²) in [6, 6.07) is 21.2. The third-order valence-electron chi connectivity index (χ3n) is 4.34. The van der Waals surface area contributed by atoms with E-state index in [4.69, 9.17) is 32.7 Å². The molecule has 0 fully saturated rings. The van der Waals surface area contributed by atoms with E-state index >= 15 is 0 Å². The number of nitriles is 1. The lowest BCUT2D eigenvalue weighted by Gasteiger charge is -2.09. The molecular formula is C25H20Cl2N2O3. The van der Waals surface area contributed by atoms with Gasteiger partial charge in [-0.25, -0.2) is 0 Å². The van der Waals surface area contributed by atoms with Crippen LogP contribution in [0, 0.1) is 11.3 Å². The Morgan fingerprint density at radius 1 is 1.06 bits per heavy atom. The molecule has 3 aromatic rings. The van der Waals surface area contributed by atoms with E-state index in [-0.39, 0.29) is 5.57 Å². The molecule has 0 saturated carbocycles. The van der Waals surface area contributed by atoms with Gasteiger partial charge in [0.2, 0.25) is 0 Å². The van der Waals surface area contributed by atoms with Crippen LogP contribution < -0.4 is 14.8 Å². The number of ether oxygens (including phenoxy) is 2. The third kappa shape index (κ3) is 6.52. The summed E-state index contributed by atoms with van der Waals surface area (Å²) < 4.78 is 11.1. The molecule has 0 atom stereocenters. The SMILES string of the molecule is CCOc1ccc(NC(=O)/C(C#N)=C/c2ccc(OCc3cccc(Cl)c3)c(Cl)c2)cc1. The summed E-state index contributed by atoms with van der Waals surface area (Å²) in [6.07, 6.45) is 1.47. The summed E-state index contributed by atoms with van der Waals surface area (Å²) in [6.45, 7) is 2.76. The Labute approximate surface area is 196 Å². The van der Waals surface area contributed by atoms with Gasteiger partial charge in [-0.1, -0.05) is 41.4 Å². The molecule has 3 rings (SSSR count). The molecule has 7 heteroatoms. The largest absolute Gasteiger partial charge is 0.494 e. The number of nitrogens with one attached hydrogen (secondary N) is 1. The minimum absolute atomic E-state index is 0.0532. The van der Waals surface area contributed by atoms with Crippen LogP contribution in [0.4, 0.5) is 5.69 Å². The van der Waals surface area contributed by atoms with Gasteiger partial charge in [0, 0.05) is 10.7 Å². The van der Waals surface area contributed by atoms with Crippen molar-refractivity contribution in [1.82, 2.24) is 0 Å². The molecular weight excluding hydrogens is 447 g/mol. The topological polar surface area (TPSA) is 71.3 Å². The first-order valence-corrected chi connectivity index (χ1v) is 10.6. The summed E-state index contributed by atoms with van der Waals surface area (Å²) in [5, 5.41) is 13.1. The number of hydrogen-bond acceptors (Lipinski definition) is 4. The number of hydrogen-bond donors (Lipinski definition) is 1. The summed E-state index contributed by atoms with van der Waals surface area (Å²) in [5.41, 5.74) is 2.02. The molecule has 5 nitrogen and oxygen atoms in total. The van der Waals surface area contributed by atoms with Crippen LogP contribution in [0.25, 0.3) is 6.08 Å². The van der Waals surface area contributed by atoms with E-state index in [2.05, 4.69) is 5.32 Å². The maximum absolute atomic E-state index is 12.5. The molecule has 0 aromatic heterocycles. The third-order valence-corrected chi connectivity index (χ3v) is 4.87. The molecule has 0 bridgehead atoms. The highest BCUT2D eigenvalue weighted by atomic mass is 35.5. The van der Waals surface area contributed by atoms with Gasteiger partial charge in [0.1, 0.15) is 29.7 Å². The summed E-state index contributed by atoms with van der Waals surface area (Å²) in [7, 11) is 0. The fourth-order valence-corrected chi connectivity index (χ4v) is 3.28. The van der Waals surface area contributed by atoms with Gasteiger partial charge >= 0.3 is 0 Å². The number of carbonyl (C=O) groups excluding carboxylic acids is 1. The van der Waals surface area contributed by atoms with Crippen LogP contribution in [0.1, 0.15) is 18.1 Å². The fraction of sp³-hybridized carbons (Fsp3) is 0.120. The van der Waals surface area contributed by atoms with Crippen molar-refractivity contribution in [3.63, 3.8) is 0 Å². The lowest BCUT2D eigenvalue weighted by Crippen LogP contribution is -2.13. The van der Waals surface area contributed by atoms with E-state index in [0.29, 0.717) is 46.0 Å². The van der Waals surface area contributed by atoms with E-state index in [1.165, 1.54) is 6.08 Å². The minimum atomic E-state index is -0.519. The van der Waals surface area contributed by atoms with Crippen LogP contribution in [0.15, 0.2) is 72.3 Å². The first-order valence-electron chi connectivity index (χ1n) is 9.81. The van der Waals surface area contributed by atoms with Gasteiger partial charge in [-0.3, -0.25) is 4.79 Å². The van der Waals surface area contributed by atoms with E-state index < -0.39 is 5.91 Å². The van der Waals surface area contributed by atoms with Crippen molar-refractivity contribution in [2.24, 2.45) is 0 Å². The summed E-state index contributed by atoms with van der Waals surface area (Å²) in [5.74, 6) is 0.670. The molecule has 32 heavy (non-hydrogen) atoms. The Hall–Kier alpha value is -3.46. The number of benzene rings is 3. The van der Waals surface area contributed by atoms with Crippen molar-refractivity contribution in [1.29, 1.82) is 5.26 Å². The molecule has 0 unspecified atom stereocenters. The summed E-state index contributed by atoms with van der Waals surface area (Å²) in [4.78, 5) is 12.5. The first-order chi connectivity index (χ1) is 15.5. The number of amides is 1. The van der Waals surface area contributed by atoms with Crippen LogP contribution in [-0.2, 0) is 11.4 Å². The van der Waals surface area contributed by atoms with Gasteiger partial charge in [0.25, 0.3) is 5.91 Å². The Bertz CT molecular complexity index is 1170. The Morgan fingerprint density at radius 3 is 2.50 bits per heavy atom. The van der Waals surface area contributed by atoms with Crippen molar-refractivity contribution in [2.75, 3.05) is 11.9 Å². The number of anilines is 1. The second kappa shape index (κ2) is 11.2. The predicted octanol–water partition coefficient (Wildman–Crippen LogP) is 6.52. The zero-order valence-corrected chi connectivity index (χ0v) is 18.8. The highest BCUT2D eigenvalue weighted by Crippen LogP contribution is 2.28. The van der Waals surface area contributed by atoms with Gasteiger partial charge in [-0.15, -0.1) is 0 Å². The van der Waals surface area contributed by atoms with Crippen molar-refractivity contribution in [2.45, 2.75) is 13.5 Å². The number of halogens is 2. The van der Waals surface area contributed by atoms with Crippen LogP contribution in [0.2, 0.25) is 10.0 Å². The van der Waals surface area contributed by atoms with Gasteiger partial charge in [-0.05, 0) is 72.7 Å². The molecule has 0 aliphatic rings. The van der Waals surface area contributed by atoms with Crippen LogP contribution in [0.3, 0.4) is 0 Å². The Kier molecular flexibility index (Phi) is 8.15. The minimum Gasteiger partial charge on any atom is -0.494 e. The maximum atomic E-state index is 12.5. The van der Waals surface area contributed by atoms with Crippen molar-refractivity contribution in [3.8, 4) is 17.6 Å². The summed E-state index contributed by atoms with van der Waals surface area (Å²) >= 11 is 12.3. The standard InChI is InChI=1S/C25H20Cl2N2O3/c1-2-31-22-9-7-21(8-10-22)29-25(30)19(15-28)12-17-6-11-24(23(27)14-17)32-16-18-4-3-5-20(26)13-18/h3-14H,2,16H2,1H3,(H,29,30)/b19-12+. The highest BCUT2D eigenvalue weighted by molar-refractivity contribution is 6.32. The first kappa shape index (κ1) is 23.2. The Morgan fingerprint density at radius 2 is 1.84 bits per heavy atom. The molecule has 162 valence electrons. The van der Waals surface area contributed by atoms with Crippen molar-refractivity contribution >= 4 is 40.9 Å². The quantitative estimate of drug-likeness (QED) is 0.303. The van der Waals surface area contributed by atoms with Crippen LogP contribution in [-0.4, -0.2) is 12.5 Å². The second-order valence-electron chi connectivity index (χ2n) is 6.69. The molecule has 0 heterocycles. The molecule has 1 amide bonds. The smallest absolute Gasteiger partial charge is 0.266 e. The van der Waals surface area contributed by atoms with Gasteiger partial charge in [0.15, 0.2) is 0 Å². The zero-order chi connectivity index (χ0) is 22.9. The molecule has 1 N–H and O–H groups in total. The average molecular weight is 467 g/mol. The molecule has 0 radical (unpaired) electrons. The monoisotopic (exact) mass is 466 g/mol. The molecule has 0 aliphatic heterocycles. The average Bonchev–Trinajstić information content (AvgIpc) is 2.78. The second-order valence-corrected chi connectivity index (χ2v) is 7.53. The lowest BCUT2D eigenvalue weighted by atomic mass is 10.1. The van der Waals surface area contributed by atoms with E-state index in [9.17, 15) is 10.1 Å². The highest BCUT2D eigenvalue weighted by Gasteiger charge is 2.11. The molecule has 0 spiro atoms. The lowest BCUT2D eigenvalue weighted by molar-refractivity contribution is -0.112. The van der Waals surface area contributed by atoms with Gasteiger partial charge in [0.05, 0.1) is 11.6 Å². The van der Waals surface area contributed by atoms with Crippen LogP contribution in [0.5, 0.6) is 11.5 Å². The Balaban J connectivity index is 1.67. The van der Waals surface area contributed by atoms with Crippen molar-refractivity contribution < 1.29 is 14.3 Å². The fourth-order valence-electron chi connectivity index (χ4n) is 2.83. The van der Waals surface area contributed by atoms with E-state index in [1.54, 1.807) is 48.5 Å². The maximum Gasteiger partial charge on any atom is 0.266 e.